The van der Waals surface area contributed by atoms with Gasteiger partial charge in [0.1, 0.15) is 5.75 Å². The highest BCUT2D eigenvalue weighted by molar-refractivity contribution is 6.00. The number of fused-ring (bicyclic) bond motifs is 1. The summed E-state index contributed by atoms with van der Waals surface area (Å²) in [6, 6.07) is 9.11. The van der Waals surface area contributed by atoms with E-state index in [0.29, 0.717) is 32.0 Å². The Hall–Kier alpha value is -3.44. The number of likely N-dealkylation sites (tertiary alicyclic amines) is 1. The second-order valence-corrected chi connectivity index (χ2v) is 10.9. The van der Waals surface area contributed by atoms with Crippen molar-refractivity contribution in [1.82, 2.24) is 19.6 Å². The number of aromatic nitrogens is 2. The molecular formula is C30H35F3N4O4. The lowest BCUT2D eigenvalue weighted by atomic mass is 9.96. The molecule has 0 spiro atoms. The van der Waals surface area contributed by atoms with Gasteiger partial charge in [-0.05, 0) is 74.5 Å². The number of carbonyl (C=O) groups excluding carboxylic acids is 2. The Balaban J connectivity index is 1.14. The van der Waals surface area contributed by atoms with Crippen molar-refractivity contribution in [2.24, 2.45) is 5.92 Å². The first-order chi connectivity index (χ1) is 19.6. The summed E-state index contributed by atoms with van der Waals surface area (Å²) in [5.41, 5.74) is 2.69. The Morgan fingerprint density at radius 3 is 2.56 bits per heavy atom. The van der Waals surface area contributed by atoms with Crippen LogP contribution in [-0.2, 0) is 11.3 Å². The number of alkyl halides is 3. The Labute approximate surface area is 237 Å². The second kappa shape index (κ2) is 12.6. The van der Waals surface area contributed by atoms with Crippen LogP contribution in [0.2, 0.25) is 0 Å². The van der Waals surface area contributed by atoms with E-state index in [1.54, 1.807) is 4.90 Å². The molecule has 3 heterocycles. The molecule has 5 rings (SSSR count). The van der Waals surface area contributed by atoms with Gasteiger partial charge in [-0.15, -0.1) is 13.2 Å². The fourth-order valence-electron chi connectivity index (χ4n) is 5.64. The minimum Gasteiger partial charge on any atom is -0.406 e. The van der Waals surface area contributed by atoms with Crippen molar-refractivity contribution in [3.63, 3.8) is 0 Å². The minimum atomic E-state index is -4.81. The molecule has 1 aromatic heterocycles. The van der Waals surface area contributed by atoms with Crippen LogP contribution in [0.1, 0.15) is 52.0 Å². The number of ether oxygens (including phenoxy) is 2. The van der Waals surface area contributed by atoms with Gasteiger partial charge in [-0.2, -0.15) is 5.10 Å². The van der Waals surface area contributed by atoms with Crippen LogP contribution < -0.4 is 4.74 Å². The van der Waals surface area contributed by atoms with Crippen molar-refractivity contribution >= 4 is 22.6 Å². The molecule has 8 nitrogen and oxygen atoms in total. The Bertz CT molecular complexity index is 1380. The molecule has 0 saturated carbocycles. The highest BCUT2D eigenvalue weighted by Crippen LogP contribution is 2.26. The average Bonchev–Trinajstić information content (AvgIpc) is 3.33. The summed E-state index contributed by atoms with van der Waals surface area (Å²) >= 11 is 0. The van der Waals surface area contributed by atoms with Gasteiger partial charge < -0.3 is 14.4 Å². The molecule has 0 aliphatic carbocycles. The van der Waals surface area contributed by atoms with Crippen molar-refractivity contribution in [3.05, 3.63) is 59.3 Å². The predicted octanol–water partition coefficient (Wildman–Crippen LogP) is 5.09. The molecule has 41 heavy (non-hydrogen) atoms. The van der Waals surface area contributed by atoms with E-state index in [4.69, 9.17) is 9.84 Å². The van der Waals surface area contributed by atoms with Gasteiger partial charge in [0, 0.05) is 61.9 Å². The monoisotopic (exact) mass is 572 g/mol. The zero-order valence-corrected chi connectivity index (χ0v) is 23.2. The average molecular weight is 573 g/mol. The molecule has 0 unspecified atom stereocenters. The van der Waals surface area contributed by atoms with Crippen molar-refractivity contribution < 1.29 is 32.2 Å². The molecule has 2 fully saturated rings. The Morgan fingerprint density at radius 2 is 1.83 bits per heavy atom. The molecule has 2 aliphatic rings. The van der Waals surface area contributed by atoms with Crippen molar-refractivity contribution in [2.45, 2.75) is 45.5 Å². The zero-order valence-electron chi connectivity index (χ0n) is 23.2. The Morgan fingerprint density at radius 1 is 1.07 bits per heavy atom. The van der Waals surface area contributed by atoms with Gasteiger partial charge in [-0.1, -0.05) is 6.07 Å². The third kappa shape index (κ3) is 7.65. The molecule has 220 valence electrons. The number of aryl methyl sites for hydroxylation is 1. The number of piperidine rings is 1. The quantitative estimate of drug-likeness (QED) is 0.333. The molecule has 1 amide bonds. The third-order valence-corrected chi connectivity index (χ3v) is 7.84. The molecule has 0 N–H and O–H groups in total. The normalized spacial score (nSPS) is 17.2. The molecule has 3 aromatic rings. The number of rotatable bonds is 9. The smallest absolute Gasteiger partial charge is 0.406 e. The molecule has 2 aromatic carbocycles. The maximum absolute atomic E-state index is 13.0. The van der Waals surface area contributed by atoms with Crippen molar-refractivity contribution in [3.8, 4) is 5.75 Å². The number of nitrogens with zero attached hydrogens (tertiary/aromatic N) is 4. The molecule has 2 saturated heterocycles. The highest BCUT2D eigenvalue weighted by Gasteiger charge is 2.31. The van der Waals surface area contributed by atoms with Crippen molar-refractivity contribution in [2.75, 3.05) is 45.9 Å². The molecule has 0 radical (unpaired) electrons. The van der Waals surface area contributed by atoms with E-state index in [9.17, 15) is 22.8 Å². The summed E-state index contributed by atoms with van der Waals surface area (Å²) < 4.78 is 48.9. The summed E-state index contributed by atoms with van der Waals surface area (Å²) in [4.78, 5) is 29.9. The number of halogens is 3. The van der Waals surface area contributed by atoms with Gasteiger partial charge in [0.2, 0.25) is 0 Å². The first-order valence-electron chi connectivity index (χ1n) is 14.1. The summed E-state index contributed by atoms with van der Waals surface area (Å²) in [5.74, 6) is -0.260. The van der Waals surface area contributed by atoms with Crippen LogP contribution in [0.25, 0.3) is 10.9 Å². The van der Waals surface area contributed by atoms with Crippen LogP contribution in [-0.4, -0.2) is 83.6 Å². The van der Waals surface area contributed by atoms with Crippen LogP contribution in [0.15, 0.2) is 42.6 Å². The second-order valence-electron chi connectivity index (χ2n) is 10.9. The van der Waals surface area contributed by atoms with Gasteiger partial charge in [0.05, 0.1) is 18.7 Å². The fraction of sp³-hybridized carbons (Fsp3) is 0.500. The molecule has 11 heteroatoms. The lowest BCUT2D eigenvalue weighted by Crippen LogP contribution is -2.39. The fourth-order valence-corrected chi connectivity index (χ4v) is 5.64. The number of carbonyl (C=O) groups is 2. The highest BCUT2D eigenvalue weighted by atomic mass is 19.4. The lowest BCUT2D eigenvalue weighted by Gasteiger charge is -2.32. The lowest BCUT2D eigenvalue weighted by molar-refractivity contribution is -0.274. The molecule has 0 bridgehead atoms. The van der Waals surface area contributed by atoms with E-state index in [1.165, 1.54) is 18.2 Å². The number of ketones is 1. The number of hydrogen-bond acceptors (Lipinski definition) is 6. The number of amides is 1. The summed E-state index contributed by atoms with van der Waals surface area (Å²) in [6.07, 6.45) is 0.0106. The van der Waals surface area contributed by atoms with E-state index in [0.717, 1.165) is 80.2 Å². The van der Waals surface area contributed by atoms with Gasteiger partial charge in [0.15, 0.2) is 5.78 Å². The van der Waals surface area contributed by atoms with Crippen LogP contribution >= 0.6 is 0 Å². The van der Waals surface area contributed by atoms with E-state index in [2.05, 4.69) is 9.64 Å². The summed E-state index contributed by atoms with van der Waals surface area (Å²) in [7, 11) is 0. The van der Waals surface area contributed by atoms with Crippen LogP contribution in [0.3, 0.4) is 0 Å². The van der Waals surface area contributed by atoms with E-state index in [-0.39, 0.29) is 17.3 Å². The predicted molar refractivity (Wildman–Crippen MR) is 147 cm³/mol. The first-order valence-corrected chi connectivity index (χ1v) is 14.1. The minimum absolute atomic E-state index is 0.151. The van der Waals surface area contributed by atoms with Gasteiger partial charge in [-0.25, -0.2) is 0 Å². The molecule has 0 atom stereocenters. The largest absolute Gasteiger partial charge is 0.573 e. The van der Waals surface area contributed by atoms with Crippen LogP contribution in [0.4, 0.5) is 13.2 Å². The van der Waals surface area contributed by atoms with Gasteiger partial charge in [0.25, 0.3) is 5.91 Å². The van der Waals surface area contributed by atoms with Crippen molar-refractivity contribution in [1.29, 1.82) is 0 Å². The van der Waals surface area contributed by atoms with E-state index >= 15 is 0 Å². The topological polar surface area (TPSA) is 76.9 Å². The standard InChI is InChI=1S/C30H35F3N4O4/c1-21-16-27-24(18-26(21)28(38)6-3-9-35-12-14-40-15-13-35)20-37(34-27)19-22-7-10-36(11-8-22)29(39)23-4-2-5-25(17-23)41-30(31,32)33/h2,4-5,16-18,20,22H,3,6-15,19H2,1H3. The van der Waals surface area contributed by atoms with Crippen LogP contribution in [0.5, 0.6) is 5.75 Å². The maximum atomic E-state index is 13.0. The van der Waals surface area contributed by atoms with E-state index in [1.807, 2.05) is 29.9 Å². The summed E-state index contributed by atoms with van der Waals surface area (Å²) in [6.45, 7) is 7.90. The van der Waals surface area contributed by atoms with E-state index < -0.39 is 12.1 Å². The number of benzene rings is 2. The Kier molecular flexibility index (Phi) is 8.94. The number of morpholine rings is 1. The number of hydrogen-bond donors (Lipinski definition) is 0. The van der Waals surface area contributed by atoms with Gasteiger partial charge in [-0.3, -0.25) is 19.2 Å². The SMILES string of the molecule is Cc1cc2nn(CC3CCN(C(=O)c4cccc(OC(F)(F)F)c4)CC3)cc2cc1C(=O)CCCN1CCOCC1. The number of Topliss-reactive ketones (excluding diaryl/α,β-unsaturated/α-hetero) is 1. The molecular weight excluding hydrogens is 537 g/mol. The van der Waals surface area contributed by atoms with Crippen LogP contribution in [0, 0.1) is 12.8 Å². The summed E-state index contributed by atoms with van der Waals surface area (Å²) in [5, 5.41) is 5.66. The zero-order chi connectivity index (χ0) is 29.0. The first kappa shape index (κ1) is 29.1. The third-order valence-electron chi connectivity index (χ3n) is 7.84. The van der Waals surface area contributed by atoms with Gasteiger partial charge >= 0.3 is 6.36 Å². The maximum Gasteiger partial charge on any atom is 0.573 e. The molecule has 2 aliphatic heterocycles.